The van der Waals surface area contributed by atoms with E-state index in [0.29, 0.717) is 5.92 Å². The highest BCUT2D eigenvalue weighted by molar-refractivity contribution is 5.30. The van der Waals surface area contributed by atoms with Gasteiger partial charge in [0.05, 0.1) is 17.9 Å². The van der Waals surface area contributed by atoms with Crippen molar-refractivity contribution in [2.24, 2.45) is 5.92 Å². The number of rotatable bonds is 4. The van der Waals surface area contributed by atoms with Crippen molar-refractivity contribution in [2.75, 3.05) is 6.54 Å². The Morgan fingerprint density at radius 2 is 1.89 bits per heavy atom. The number of ether oxygens (including phenoxy) is 1. The zero-order valence-corrected chi connectivity index (χ0v) is 12.3. The molecule has 0 saturated carbocycles. The molecular weight excluding hydrogens is 226 g/mol. The molecule has 2 rings (SSSR count). The second-order valence-corrected chi connectivity index (χ2v) is 6.55. The molecule has 2 heterocycles. The molecule has 0 radical (unpaired) electrons. The number of hydrogen-bond acceptors (Lipinski definition) is 3. The van der Waals surface area contributed by atoms with Crippen LogP contribution in [0.3, 0.4) is 0 Å². The zero-order valence-electron chi connectivity index (χ0n) is 12.3. The third-order valence-corrected chi connectivity index (χ3v) is 3.28. The van der Waals surface area contributed by atoms with Crippen molar-refractivity contribution in [3.05, 3.63) is 17.2 Å². The molecule has 18 heavy (non-hydrogen) atoms. The minimum Gasteiger partial charge on any atom is -0.357 e. The van der Waals surface area contributed by atoms with E-state index in [1.165, 1.54) is 0 Å². The van der Waals surface area contributed by atoms with Gasteiger partial charge in [-0.05, 0) is 40.2 Å². The number of nitrogens with one attached hydrogen (secondary N) is 2. The minimum absolute atomic E-state index is 0.276. The molecule has 1 aromatic heterocycles. The Hall–Kier alpha value is -0.870. The molecule has 0 unspecified atom stereocenters. The lowest BCUT2D eigenvalue weighted by molar-refractivity contribution is -0.108. The second kappa shape index (κ2) is 4.35. The topological polar surface area (TPSA) is 49.9 Å². The van der Waals surface area contributed by atoms with Gasteiger partial charge in [-0.15, -0.1) is 0 Å². The lowest BCUT2D eigenvalue weighted by atomic mass is 10.0. The fraction of sp³-hybridized carbons (Fsp3) is 0.786. The molecule has 0 spiro atoms. The van der Waals surface area contributed by atoms with Crippen LogP contribution >= 0.6 is 0 Å². The first-order valence-corrected chi connectivity index (χ1v) is 6.73. The monoisotopic (exact) mass is 251 g/mol. The zero-order chi connectivity index (χ0) is 13.6. The molecule has 1 aliphatic heterocycles. The fourth-order valence-electron chi connectivity index (χ4n) is 2.59. The maximum Gasteiger partial charge on any atom is 0.120 e. The molecule has 0 aliphatic carbocycles. The molecular formula is C14H25N3O. The Bertz CT molecular complexity index is 401. The standard InChI is InChI=1S/C14H25N3O/c1-9(2)7-15-8-10-16-11-12(17-10)14(5,6)18-13(11,3)4/h9,15H,7-8H2,1-6H3,(H,16,17). The molecule has 102 valence electrons. The smallest absolute Gasteiger partial charge is 0.120 e. The van der Waals surface area contributed by atoms with Crippen molar-refractivity contribution in [1.82, 2.24) is 15.3 Å². The van der Waals surface area contributed by atoms with E-state index in [-0.39, 0.29) is 11.2 Å². The summed E-state index contributed by atoms with van der Waals surface area (Å²) in [6.07, 6.45) is 0. The predicted octanol–water partition coefficient (Wildman–Crippen LogP) is 2.66. The molecule has 0 aromatic carbocycles. The Balaban J connectivity index is 2.14. The van der Waals surface area contributed by atoms with Crippen LogP contribution in [-0.4, -0.2) is 16.5 Å². The largest absolute Gasteiger partial charge is 0.357 e. The number of aromatic nitrogens is 2. The van der Waals surface area contributed by atoms with E-state index in [0.717, 1.165) is 30.3 Å². The van der Waals surface area contributed by atoms with Crippen LogP contribution in [0.4, 0.5) is 0 Å². The molecule has 0 atom stereocenters. The maximum absolute atomic E-state index is 6.03. The molecule has 2 N–H and O–H groups in total. The van der Waals surface area contributed by atoms with E-state index >= 15 is 0 Å². The first-order chi connectivity index (χ1) is 8.22. The summed E-state index contributed by atoms with van der Waals surface area (Å²) >= 11 is 0. The average Bonchev–Trinajstić information content (AvgIpc) is 2.66. The van der Waals surface area contributed by atoms with E-state index in [2.05, 4.69) is 51.8 Å². The highest BCUT2D eigenvalue weighted by Gasteiger charge is 2.46. The van der Waals surface area contributed by atoms with Gasteiger partial charge in [0.2, 0.25) is 0 Å². The molecule has 4 heteroatoms. The van der Waals surface area contributed by atoms with Gasteiger partial charge in [-0.1, -0.05) is 13.8 Å². The van der Waals surface area contributed by atoms with Crippen molar-refractivity contribution in [3.8, 4) is 0 Å². The van der Waals surface area contributed by atoms with Gasteiger partial charge in [-0.2, -0.15) is 0 Å². The number of H-pyrrole nitrogens is 1. The molecule has 0 saturated heterocycles. The van der Waals surface area contributed by atoms with Crippen LogP contribution in [0, 0.1) is 5.92 Å². The van der Waals surface area contributed by atoms with Crippen molar-refractivity contribution in [2.45, 2.75) is 59.3 Å². The summed E-state index contributed by atoms with van der Waals surface area (Å²) in [5, 5.41) is 3.41. The lowest BCUT2D eigenvalue weighted by Crippen LogP contribution is -2.25. The summed E-state index contributed by atoms with van der Waals surface area (Å²) in [7, 11) is 0. The highest BCUT2D eigenvalue weighted by Crippen LogP contribution is 2.45. The molecule has 0 bridgehead atoms. The third-order valence-electron chi connectivity index (χ3n) is 3.28. The summed E-state index contributed by atoms with van der Waals surface area (Å²) in [4.78, 5) is 8.11. The quantitative estimate of drug-likeness (QED) is 0.865. The number of fused-ring (bicyclic) bond motifs is 1. The van der Waals surface area contributed by atoms with Crippen molar-refractivity contribution in [3.63, 3.8) is 0 Å². The highest BCUT2D eigenvalue weighted by atomic mass is 16.5. The first-order valence-electron chi connectivity index (χ1n) is 6.73. The van der Waals surface area contributed by atoms with E-state index < -0.39 is 0 Å². The van der Waals surface area contributed by atoms with E-state index in [1.54, 1.807) is 0 Å². The number of aromatic amines is 1. The van der Waals surface area contributed by atoms with Crippen molar-refractivity contribution in [1.29, 1.82) is 0 Å². The van der Waals surface area contributed by atoms with E-state index in [9.17, 15) is 0 Å². The van der Waals surface area contributed by atoms with Crippen LogP contribution in [0.2, 0.25) is 0 Å². The third kappa shape index (κ3) is 2.45. The summed E-state index contributed by atoms with van der Waals surface area (Å²) in [5.41, 5.74) is 1.59. The molecule has 1 aromatic rings. The summed E-state index contributed by atoms with van der Waals surface area (Å²) < 4.78 is 6.03. The van der Waals surface area contributed by atoms with Crippen LogP contribution in [0.25, 0.3) is 0 Å². The van der Waals surface area contributed by atoms with Crippen LogP contribution in [-0.2, 0) is 22.5 Å². The molecule has 0 amide bonds. The number of nitrogens with zero attached hydrogens (tertiary/aromatic N) is 1. The summed E-state index contributed by atoms with van der Waals surface area (Å²) in [5.74, 6) is 1.66. The normalized spacial score (nSPS) is 20.4. The maximum atomic E-state index is 6.03. The van der Waals surface area contributed by atoms with Gasteiger partial charge in [0.15, 0.2) is 0 Å². The van der Waals surface area contributed by atoms with Gasteiger partial charge in [0.1, 0.15) is 17.0 Å². The van der Waals surface area contributed by atoms with Gasteiger partial charge in [-0.3, -0.25) is 0 Å². The SMILES string of the molecule is CC(C)CNCc1nc2c([nH]1)C(C)(C)OC2(C)C. The minimum atomic E-state index is -0.300. The first kappa shape index (κ1) is 13.6. The predicted molar refractivity (Wildman–Crippen MR) is 72.3 cm³/mol. The Labute approximate surface area is 110 Å². The van der Waals surface area contributed by atoms with Gasteiger partial charge in [0, 0.05) is 0 Å². The molecule has 0 fully saturated rings. The second-order valence-electron chi connectivity index (χ2n) is 6.55. The van der Waals surface area contributed by atoms with Crippen LogP contribution in [0.15, 0.2) is 0 Å². The van der Waals surface area contributed by atoms with Gasteiger partial charge < -0.3 is 15.0 Å². The van der Waals surface area contributed by atoms with Gasteiger partial charge in [0.25, 0.3) is 0 Å². The van der Waals surface area contributed by atoms with Crippen LogP contribution < -0.4 is 5.32 Å². The molecule has 1 aliphatic rings. The van der Waals surface area contributed by atoms with Crippen molar-refractivity contribution >= 4 is 0 Å². The Morgan fingerprint density at radius 1 is 1.22 bits per heavy atom. The fourth-order valence-corrected chi connectivity index (χ4v) is 2.59. The number of hydrogen-bond donors (Lipinski definition) is 2. The van der Waals surface area contributed by atoms with E-state index in [4.69, 9.17) is 9.72 Å². The summed E-state index contributed by atoms with van der Waals surface area (Å²) in [6.45, 7) is 14.5. The van der Waals surface area contributed by atoms with Crippen LogP contribution in [0.5, 0.6) is 0 Å². The van der Waals surface area contributed by atoms with Crippen molar-refractivity contribution < 1.29 is 4.74 Å². The summed E-state index contributed by atoms with van der Waals surface area (Å²) in [6, 6.07) is 0. The number of imidazole rings is 1. The lowest BCUT2D eigenvalue weighted by Gasteiger charge is -2.24. The molecule has 4 nitrogen and oxygen atoms in total. The Kier molecular flexibility index (Phi) is 3.28. The average molecular weight is 251 g/mol. The van der Waals surface area contributed by atoms with Gasteiger partial charge >= 0.3 is 0 Å². The Morgan fingerprint density at radius 3 is 2.44 bits per heavy atom. The van der Waals surface area contributed by atoms with E-state index in [1.807, 2.05) is 0 Å². The van der Waals surface area contributed by atoms with Crippen LogP contribution in [0.1, 0.15) is 58.8 Å². The van der Waals surface area contributed by atoms with Gasteiger partial charge in [-0.25, -0.2) is 4.98 Å².